The third-order valence-electron chi connectivity index (χ3n) is 2.28. The lowest BCUT2D eigenvalue weighted by molar-refractivity contribution is 0.222. The van der Waals surface area contributed by atoms with Crippen molar-refractivity contribution < 1.29 is 13.5 Å². The lowest BCUT2D eigenvalue weighted by Gasteiger charge is -2.11. The molecule has 0 fully saturated rings. The average molecular weight is 296 g/mol. The summed E-state index contributed by atoms with van der Waals surface area (Å²) in [7, 11) is 0. The molecule has 0 radical (unpaired) electrons. The number of aromatic nitrogens is 3. The van der Waals surface area contributed by atoms with Gasteiger partial charge in [-0.25, -0.2) is 14.6 Å². The van der Waals surface area contributed by atoms with Crippen LogP contribution in [0.25, 0.3) is 0 Å². The Hall–Kier alpha value is -2.55. The number of ether oxygens (including phenoxy) is 1. The van der Waals surface area contributed by atoms with Crippen LogP contribution in [0.2, 0.25) is 0 Å². The molecule has 0 saturated carbocycles. The Morgan fingerprint density at radius 3 is 2.29 bits per heavy atom. The molecule has 0 unspecified atom stereocenters. The zero-order valence-corrected chi connectivity index (χ0v) is 11.4. The van der Waals surface area contributed by atoms with Crippen molar-refractivity contribution in [2.45, 2.75) is 20.0 Å². The molecule has 0 atom stereocenters. The summed E-state index contributed by atoms with van der Waals surface area (Å²) in [5.41, 5.74) is 1.85. The van der Waals surface area contributed by atoms with Gasteiger partial charge in [-0.1, -0.05) is 6.07 Å². The van der Waals surface area contributed by atoms with Gasteiger partial charge in [-0.2, -0.15) is 15.0 Å². The number of nitrogens with two attached hydrogens (primary N) is 1. The standard InChI is InChI=1S/C12H14F2N6O/c1-6(2)21-12-18-10(17-11(19-12)20-15)16-9-7(13)4-3-5-8(9)14/h3-6H,15H2,1-2H3,(H2,16,17,18,19,20). The van der Waals surface area contributed by atoms with Gasteiger partial charge in [0.1, 0.15) is 17.3 Å². The number of halogens is 2. The van der Waals surface area contributed by atoms with Gasteiger partial charge in [-0.05, 0) is 26.0 Å². The van der Waals surface area contributed by atoms with Crippen LogP contribution in [0, 0.1) is 11.6 Å². The van der Waals surface area contributed by atoms with E-state index in [2.05, 4.69) is 25.7 Å². The molecular formula is C12H14F2N6O. The van der Waals surface area contributed by atoms with Gasteiger partial charge in [-0.15, -0.1) is 0 Å². The number of anilines is 3. The largest absolute Gasteiger partial charge is 0.461 e. The van der Waals surface area contributed by atoms with E-state index in [-0.39, 0.29) is 29.7 Å². The van der Waals surface area contributed by atoms with Crippen molar-refractivity contribution in [2.24, 2.45) is 5.84 Å². The molecule has 0 saturated heterocycles. The minimum absolute atomic E-state index is 0.0000950. The molecule has 1 aromatic heterocycles. The molecule has 0 spiro atoms. The highest BCUT2D eigenvalue weighted by Gasteiger charge is 2.13. The first-order valence-electron chi connectivity index (χ1n) is 6.10. The van der Waals surface area contributed by atoms with Crippen LogP contribution in [0.15, 0.2) is 18.2 Å². The number of hydrogen-bond donors (Lipinski definition) is 3. The first-order chi connectivity index (χ1) is 9.99. The Morgan fingerprint density at radius 1 is 1.10 bits per heavy atom. The van der Waals surface area contributed by atoms with E-state index in [1.165, 1.54) is 6.07 Å². The van der Waals surface area contributed by atoms with E-state index in [1.807, 2.05) is 0 Å². The van der Waals surface area contributed by atoms with E-state index in [4.69, 9.17) is 10.6 Å². The van der Waals surface area contributed by atoms with Crippen molar-refractivity contribution >= 4 is 17.6 Å². The van der Waals surface area contributed by atoms with Crippen LogP contribution in [-0.2, 0) is 0 Å². The van der Waals surface area contributed by atoms with Crippen LogP contribution in [0.4, 0.5) is 26.4 Å². The Bertz CT molecular complexity index is 617. The normalized spacial score (nSPS) is 10.6. The van der Waals surface area contributed by atoms with Crippen molar-refractivity contribution in [2.75, 3.05) is 10.7 Å². The van der Waals surface area contributed by atoms with E-state index >= 15 is 0 Å². The summed E-state index contributed by atoms with van der Waals surface area (Å²) < 4.78 is 32.5. The summed E-state index contributed by atoms with van der Waals surface area (Å²) in [6.07, 6.45) is -0.184. The fourth-order valence-electron chi connectivity index (χ4n) is 1.47. The van der Waals surface area contributed by atoms with Gasteiger partial charge in [0.15, 0.2) is 0 Å². The summed E-state index contributed by atoms with van der Waals surface area (Å²) in [4.78, 5) is 11.6. The van der Waals surface area contributed by atoms with E-state index in [0.717, 1.165) is 12.1 Å². The molecule has 0 aliphatic rings. The molecule has 0 amide bonds. The first-order valence-corrected chi connectivity index (χ1v) is 6.10. The molecule has 1 heterocycles. The molecule has 21 heavy (non-hydrogen) atoms. The van der Waals surface area contributed by atoms with Crippen molar-refractivity contribution in [1.29, 1.82) is 0 Å². The van der Waals surface area contributed by atoms with Crippen molar-refractivity contribution in [3.63, 3.8) is 0 Å². The highest BCUT2D eigenvalue weighted by atomic mass is 19.1. The topological polar surface area (TPSA) is 98.0 Å². The van der Waals surface area contributed by atoms with E-state index in [0.29, 0.717) is 0 Å². The predicted octanol–water partition coefficient (Wildman–Crippen LogP) is 1.97. The molecule has 4 N–H and O–H groups in total. The van der Waals surface area contributed by atoms with E-state index in [9.17, 15) is 8.78 Å². The second-order valence-corrected chi connectivity index (χ2v) is 4.30. The molecule has 0 aliphatic carbocycles. The zero-order valence-electron chi connectivity index (χ0n) is 11.4. The van der Waals surface area contributed by atoms with Crippen molar-refractivity contribution in [3.05, 3.63) is 29.8 Å². The third-order valence-corrected chi connectivity index (χ3v) is 2.28. The number of nitrogens with one attached hydrogen (secondary N) is 2. The fourth-order valence-corrected chi connectivity index (χ4v) is 1.47. The van der Waals surface area contributed by atoms with E-state index < -0.39 is 11.6 Å². The summed E-state index contributed by atoms with van der Waals surface area (Å²) in [5, 5.41) is 2.44. The molecule has 7 nitrogen and oxygen atoms in total. The Morgan fingerprint density at radius 2 is 1.71 bits per heavy atom. The molecular weight excluding hydrogens is 282 g/mol. The Labute approximate surface area is 119 Å². The number of nitrogen functional groups attached to an aromatic ring is 1. The lowest BCUT2D eigenvalue weighted by atomic mass is 10.3. The van der Waals surface area contributed by atoms with Gasteiger partial charge in [0.2, 0.25) is 11.9 Å². The summed E-state index contributed by atoms with van der Waals surface area (Å²) in [6.45, 7) is 3.56. The zero-order chi connectivity index (χ0) is 15.4. The second kappa shape index (κ2) is 6.27. The minimum Gasteiger partial charge on any atom is -0.461 e. The number of rotatable bonds is 5. The van der Waals surface area contributed by atoms with Gasteiger partial charge < -0.3 is 10.1 Å². The van der Waals surface area contributed by atoms with Gasteiger partial charge >= 0.3 is 6.01 Å². The maximum Gasteiger partial charge on any atom is 0.323 e. The Kier molecular flexibility index (Phi) is 4.43. The summed E-state index contributed by atoms with van der Waals surface area (Å²) in [6, 6.07) is 3.45. The Balaban J connectivity index is 2.35. The first kappa shape index (κ1) is 14.9. The van der Waals surface area contributed by atoms with Crippen LogP contribution in [0.5, 0.6) is 6.01 Å². The molecule has 1 aromatic carbocycles. The predicted molar refractivity (Wildman–Crippen MR) is 73.0 cm³/mol. The maximum absolute atomic E-state index is 13.6. The maximum atomic E-state index is 13.6. The second-order valence-electron chi connectivity index (χ2n) is 4.30. The van der Waals surface area contributed by atoms with Gasteiger partial charge in [0, 0.05) is 0 Å². The summed E-state index contributed by atoms with van der Waals surface area (Å²) >= 11 is 0. The van der Waals surface area contributed by atoms with Crippen LogP contribution in [0.1, 0.15) is 13.8 Å². The molecule has 112 valence electrons. The highest BCUT2D eigenvalue weighted by Crippen LogP contribution is 2.22. The van der Waals surface area contributed by atoms with Crippen LogP contribution in [-0.4, -0.2) is 21.1 Å². The number of hydrogen-bond acceptors (Lipinski definition) is 7. The fraction of sp³-hybridized carbons (Fsp3) is 0.250. The molecule has 2 aromatic rings. The van der Waals surface area contributed by atoms with Crippen LogP contribution < -0.4 is 21.3 Å². The molecule has 2 rings (SSSR count). The SMILES string of the molecule is CC(C)Oc1nc(NN)nc(Nc2c(F)cccc2F)n1. The van der Waals surface area contributed by atoms with E-state index in [1.54, 1.807) is 13.8 Å². The van der Waals surface area contributed by atoms with Crippen LogP contribution in [0.3, 0.4) is 0 Å². The molecule has 0 bridgehead atoms. The minimum atomic E-state index is -0.774. The average Bonchev–Trinajstić information content (AvgIpc) is 2.42. The monoisotopic (exact) mass is 296 g/mol. The number of hydrazine groups is 1. The molecule has 9 heteroatoms. The highest BCUT2D eigenvalue weighted by molar-refractivity contribution is 5.55. The molecule has 0 aliphatic heterocycles. The quantitative estimate of drug-likeness (QED) is 0.573. The van der Waals surface area contributed by atoms with Gasteiger partial charge in [0.05, 0.1) is 6.10 Å². The number of benzene rings is 1. The lowest BCUT2D eigenvalue weighted by Crippen LogP contribution is -2.16. The van der Waals surface area contributed by atoms with Gasteiger partial charge in [0.25, 0.3) is 0 Å². The van der Waals surface area contributed by atoms with Crippen LogP contribution >= 0.6 is 0 Å². The van der Waals surface area contributed by atoms with Gasteiger partial charge in [-0.3, -0.25) is 5.43 Å². The smallest absolute Gasteiger partial charge is 0.323 e. The number of nitrogens with zero attached hydrogens (tertiary/aromatic N) is 3. The van der Waals surface area contributed by atoms with Crippen molar-refractivity contribution in [3.8, 4) is 6.01 Å². The summed E-state index contributed by atoms with van der Waals surface area (Å²) in [5.74, 6) is 3.59. The number of para-hydroxylation sites is 1. The van der Waals surface area contributed by atoms with Crippen molar-refractivity contribution in [1.82, 2.24) is 15.0 Å². The third kappa shape index (κ3) is 3.72.